The van der Waals surface area contributed by atoms with Crippen LogP contribution in [0.15, 0.2) is 83.8 Å². The van der Waals surface area contributed by atoms with Gasteiger partial charge in [0.25, 0.3) is 10.0 Å². The van der Waals surface area contributed by atoms with Gasteiger partial charge in [0, 0.05) is 18.2 Å². The van der Waals surface area contributed by atoms with Crippen molar-refractivity contribution in [3.05, 3.63) is 84.4 Å². The summed E-state index contributed by atoms with van der Waals surface area (Å²) in [7, 11) is -1.25. The molecule has 0 saturated carbocycles. The van der Waals surface area contributed by atoms with E-state index in [4.69, 9.17) is 9.47 Å². The number of carbonyl (C=O) groups excluding carboxylic acids is 2. The van der Waals surface area contributed by atoms with Gasteiger partial charge in [0.1, 0.15) is 12.6 Å². The first-order chi connectivity index (χ1) is 19.9. The molecule has 0 saturated heterocycles. The Morgan fingerprint density at radius 3 is 2.02 bits per heavy atom. The number of rotatable bonds is 13. The number of hydrogen-bond donors (Lipinski definition) is 1. The maximum Gasteiger partial charge on any atom is 0.264 e. The fourth-order valence-electron chi connectivity index (χ4n) is 4.58. The normalized spacial score (nSPS) is 12.2. The third-order valence-electron chi connectivity index (χ3n) is 6.63. The summed E-state index contributed by atoms with van der Waals surface area (Å²) in [6.45, 7) is 7.16. The Morgan fingerprint density at radius 1 is 0.881 bits per heavy atom. The van der Waals surface area contributed by atoms with Crippen LogP contribution in [0.2, 0.25) is 0 Å². The van der Waals surface area contributed by atoms with E-state index in [1.807, 2.05) is 58.0 Å². The summed E-state index contributed by atoms with van der Waals surface area (Å²) in [6.07, 6.45) is 0.845. The molecule has 3 aromatic carbocycles. The highest BCUT2D eigenvalue weighted by Gasteiger charge is 2.34. The average Bonchev–Trinajstić information content (AvgIpc) is 2.97. The molecule has 0 spiro atoms. The van der Waals surface area contributed by atoms with Crippen LogP contribution in [0.3, 0.4) is 0 Å². The number of amides is 2. The smallest absolute Gasteiger partial charge is 0.264 e. The molecular weight excluding hydrogens is 554 g/mol. The summed E-state index contributed by atoms with van der Waals surface area (Å²) in [4.78, 5) is 29.1. The van der Waals surface area contributed by atoms with Crippen LogP contribution in [0, 0.1) is 0 Å². The van der Waals surface area contributed by atoms with Gasteiger partial charge >= 0.3 is 0 Å². The Labute approximate surface area is 249 Å². The molecule has 42 heavy (non-hydrogen) atoms. The van der Waals surface area contributed by atoms with E-state index in [2.05, 4.69) is 5.32 Å². The summed E-state index contributed by atoms with van der Waals surface area (Å²) >= 11 is 0. The first-order valence-corrected chi connectivity index (χ1v) is 15.3. The molecule has 3 aromatic rings. The van der Waals surface area contributed by atoms with Crippen molar-refractivity contribution in [1.29, 1.82) is 0 Å². The number of anilines is 1. The molecule has 226 valence electrons. The minimum Gasteiger partial charge on any atom is -0.493 e. The van der Waals surface area contributed by atoms with E-state index in [9.17, 15) is 18.0 Å². The second kappa shape index (κ2) is 14.2. The van der Waals surface area contributed by atoms with E-state index in [0.29, 0.717) is 24.3 Å². The van der Waals surface area contributed by atoms with Crippen molar-refractivity contribution in [1.82, 2.24) is 10.2 Å². The summed E-state index contributed by atoms with van der Waals surface area (Å²) in [6, 6.07) is 21.4. The van der Waals surface area contributed by atoms with Gasteiger partial charge in [-0.05, 0) is 63.4 Å². The molecule has 1 N–H and O–H groups in total. The monoisotopic (exact) mass is 595 g/mol. The lowest BCUT2D eigenvalue weighted by Crippen LogP contribution is -2.56. The molecule has 0 unspecified atom stereocenters. The van der Waals surface area contributed by atoms with Gasteiger partial charge in [-0.3, -0.25) is 13.9 Å². The lowest BCUT2D eigenvalue weighted by molar-refractivity contribution is -0.140. The molecule has 10 heteroatoms. The Morgan fingerprint density at radius 2 is 1.48 bits per heavy atom. The number of nitrogens with one attached hydrogen (secondary N) is 1. The molecule has 0 aromatic heterocycles. The van der Waals surface area contributed by atoms with E-state index in [1.54, 1.807) is 30.3 Å². The van der Waals surface area contributed by atoms with Gasteiger partial charge in [-0.15, -0.1) is 0 Å². The minimum atomic E-state index is -4.19. The zero-order valence-electron chi connectivity index (χ0n) is 25.2. The maximum atomic E-state index is 14.2. The van der Waals surface area contributed by atoms with Crippen molar-refractivity contribution in [2.45, 2.75) is 57.0 Å². The van der Waals surface area contributed by atoms with Gasteiger partial charge in [0.15, 0.2) is 11.5 Å². The molecule has 1 atom stereocenters. The first-order valence-electron chi connectivity index (χ1n) is 13.9. The SMILES string of the molecule is CC[C@H](C(=O)NC(C)(C)C)N(CCc1ccccc1)C(=O)CN(c1ccc(OC)c(OC)c1)S(=O)(=O)c1ccccc1. The highest BCUT2D eigenvalue weighted by Crippen LogP contribution is 2.34. The summed E-state index contributed by atoms with van der Waals surface area (Å²) < 4.78 is 39.8. The van der Waals surface area contributed by atoms with Gasteiger partial charge in [-0.2, -0.15) is 0 Å². The number of sulfonamides is 1. The molecule has 0 aliphatic heterocycles. The molecule has 0 aliphatic rings. The molecule has 0 bridgehead atoms. The Bertz CT molecular complexity index is 1440. The molecule has 0 aliphatic carbocycles. The van der Waals surface area contributed by atoms with Gasteiger partial charge in [0.05, 0.1) is 24.8 Å². The van der Waals surface area contributed by atoms with Crippen molar-refractivity contribution in [3.63, 3.8) is 0 Å². The largest absolute Gasteiger partial charge is 0.493 e. The fraction of sp³-hybridized carbons (Fsp3) is 0.375. The van der Waals surface area contributed by atoms with Crippen LogP contribution in [-0.2, 0) is 26.0 Å². The quantitative estimate of drug-likeness (QED) is 0.308. The third kappa shape index (κ3) is 8.25. The van der Waals surface area contributed by atoms with Crippen molar-refractivity contribution in [2.24, 2.45) is 0 Å². The number of hydrogen-bond acceptors (Lipinski definition) is 6. The van der Waals surface area contributed by atoms with Gasteiger partial charge in [0.2, 0.25) is 11.8 Å². The molecule has 0 heterocycles. The van der Waals surface area contributed by atoms with Crippen LogP contribution in [0.4, 0.5) is 5.69 Å². The van der Waals surface area contributed by atoms with Crippen molar-refractivity contribution >= 4 is 27.5 Å². The number of benzene rings is 3. The standard InChI is InChI=1S/C32H41N3O6S/c1-7-27(31(37)33-32(2,3)4)34(21-20-24-14-10-8-11-15-24)30(36)23-35(42(38,39)26-16-12-9-13-17-26)25-18-19-28(40-5)29(22-25)41-6/h8-19,22,27H,7,20-21,23H2,1-6H3,(H,33,37)/t27-/m1/s1. The number of carbonyl (C=O) groups is 2. The van der Waals surface area contributed by atoms with Crippen molar-refractivity contribution in [2.75, 3.05) is 31.6 Å². The Hall–Kier alpha value is -4.05. The predicted molar refractivity (Wildman–Crippen MR) is 164 cm³/mol. The molecule has 3 rings (SSSR count). The zero-order chi connectivity index (χ0) is 30.9. The fourth-order valence-corrected chi connectivity index (χ4v) is 6.00. The van der Waals surface area contributed by atoms with Crippen molar-refractivity contribution in [3.8, 4) is 11.5 Å². The van der Waals surface area contributed by atoms with Crippen molar-refractivity contribution < 1.29 is 27.5 Å². The summed E-state index contributed by atoms with van der Waals surface area (Å²) in [5.74, 6) is -0.0715. The number of ether oxygens (including phenoxy) is 2. The lowest BCUT2D eigenvalue weighted by atomic mass is 10.1. The van der Waals surface area contributed by atoms with Crippen LogP contribution < -0.4 is 19.1 Å². The maximum absolute atomic E-state index is 14.2. The predicted octanol–water partition coefficient (Wildman–Crippen LogP) is 4.66. The number of nitrogens with zero attached hydrogens (tertiary/aromatic N) is 2. The Balaban J connectivity index is 2.06. The first kappa shape index (κ1) is 32.5. The zero-order valence-corrected chi connectivity index (χ0v) is 26.0. The van der Waals surface area contributed by atoms with Gasteiger partial charge in [-0.1, -0.05) is 55.5 Å². The molecule has 0 radical (unpaired) electrons. The van der Waals surface area contributed by atoms with Crippen LogP contribution in [0.1, 0.15) is 39.7 Å². The van der Waals surface area contributed by atoms with Crippen LogP contribution in [0.25, 0.3) is 0 Å². The van der Waals surface area contributed by atoms with E-state index in [0.717, 1.165) is 9.87 Å². The topological polar surface area (TPSA) is 105 Å². The molecule has 0 fully saturated rings. The van der Waals surface area contributed by atoms with E-state index in [-0.39, 0.29) is 23.0 Å². The molecule has 9 nitrogen and oxygen atoms in total. The molecular formula is C32H41N3O6S. The highest BCUT2D eigenvalue weighted by molar-refractivity contribution is 7.92. The second-order valence-corrected chi connectivity index (χ2v) is 12.7. The van der Waals surface area contributed by atoms with Gasteiger partial charge < -0.3 is 19.7 Å². The average molecular weight is 596 g/mol. The number of methoxy groups -OCH3 is 2. The lowest BCUT2D eigenvalue weighted by Gasteiger charge is -2.34. The van der Waals surface area contributed by atoms with Crippen LogP contribution in [0.5, 0.6) is 11.5 Å². The molecule has 2 amide bonds. The third-order valence-corrected chi connectivity index (χ3v) is 8.42. The van der Waals surface area contributed by atoms with Gasteiger partial charge in [-0.25, -0.2) is 8.42 Å². The minimum absolute atomic E-state index is 0.0286. The summed E-state index contributed by atoms with van der Waals surface area (Å²) in [5.41, 5.74) is 0.705. The van der Waals surface area contributed by atoms with E-state index in [1.165, 1.54) is 37.3 Å². The van der Waals surface area contributed by atoms with E-state index >= 15 is 0 Å². The van der Waals surface area contributed by atoms with E-state index < -0.39 is 34.1 Å². The Kier molecular flexibility index (Phi) is 11.0. The second-order valence-electron chi connectivity index (χ2n) is 10.9. The summed E-state index contributed by atoms with van der Waals surface area (Å²) in [5, 5.41) is 2.98. The van der Waals surface area contributed by atoms with Crippen LogP contribution >= 0.6 is 0 Å². The highest BCUT2D eigenvalue weighted by atomic mass is 32.2. The van der Waals surface area contributed by atoms with Crippen LogP contribution in [-0.4, -0.2) is 64.0 Å².